The molecule has 0 unspecified atom stereocenters. The Hall–Kier alpha value is -2.87. The zero-order chi connectivity index (χ0) is 20.1. The van der Waals surface area contributed by atoms with Crippen LogP contribution >= 0.6 is 11.8 Å². The molecule has 8 heteroatoms. The molecule has 0 radical (unpaired) electrons. The third kappa shape index (κ3) is 4.69. The van der Waals surface area contributed by atoms with E-state index in [2.05, 4.69) is 10.2 Å². The van der Waals surface area contributed by atoms with E-state index in [4.69, 9.17) is 9.47 Å². The number of ether oxygens (including phenoxy) is 2. The molecule has 0 saturated carbocycles. The van der Waals surface area contributed by atoms with E-state index in [1.54, 1.807) is 18.6 Å². The third-order valence-electron chi connectivity index (χ3n) is 4.13. The monoisotopic (exact) mass is 401 g/mol. The number of ketones is 1. The molecular formula is C20H20FN3O3S. The van der Waals surface area contributed by atoms with Crippen molar-refractivity contribution < 1.29 is 18.7 Å². The number of Topliss-reactive ketones (excluding diaryl/α,β-unsaturated/α-hetero) is 1. The molecule has 1 atom stereocenters. The summed E-state index contributed by atoms with van der Waals surface area (Å²) in [7, 11) is 3.43. The number of hydrogen-bond donors (Lipinski definition) is 0. The molecule has 0 aliphatic carbocycles. The maximum atomic E-state index is 13.0. The topological polar surface area (TPSA) is 66.2 Å². The fourth-order valence-corrected chi connectivity index (χ4v) is 3.36. The van der Waals surface area contributed by atoms with Crippen LogP contribution in [-0.2, 0) is 13.7 Å². The smallest absolute Gasteiger partial charge is 0.191 e. The Morgan fingerprint density at radius 2 is 1.75 bits per heavy atom. The first kappa shape index (κ1) is 19.9. The van der Waals surface area contributed by atoms with Gasteiger partial charge in [0.25, 0.3) is 0 Å². The van der Waals surface area contributed by atoms with Crippen molar-refractivity contribution in [1.82, 2.24) is 14.8 Å². The molecule has 0 N–H and O–H groups in total. The zero-order valence-electron chi connectivity index (χ0n) is 15.8. The van der Waals surface area contributed by atoms with E-state index in [1.807, 2.05) is 31.3 Å². The van der Waals surface area contributed by atoms with Gasteiger partial charge in [-0.1, -0.05) is 11.8 Å². The maximum Gasteiger partial charge on any atom is 0.191 e. The molecule has 2 aromatic carbocycles. The van der Waals surface area contributed by atoms with Gasteiger partial charge in [0.15, 0.2) is 16.8 Å². The summed E-state index contributed by atoms with van der Waals surface area (Å²) < 4.78 is 25.7. The summed E-state index contributed by atoms with van der Waals surface area (Å²) >= 11 is 1.30. The number of halogens is 1. The largest absolute Gasteiger partial charge is 0.497 e. The molecule has 0 amide bonds. The molecule has 6 nitrogen and oxygen atoms in total. The number of hydrogen-bond acceptors (Lipinski definition) is 6. The highest BCUT2D eigenvalue weighted by Crippen LogP contribution is 2.25. The number of benzene rings is 2. The molecule has 0 aliphatic heterocycles. The Balaban J connectivity index is 1.61. The second kappa shape index (κ2) is 8.88. The standard InChI is InChI=1S/C20H20FN3O3S/c1-13(19(25)14-4-6-15(21)7-5-14)28-20-23-22-18(24(20)2)12-27-17-10-8-16(26-3)9-11-17/h4-11,13H,12H2,1-3H3/t13-/m1/s1. The fourth-order valence-electron chi connectivity index (χ4n) is 2.45. The predicted octanol–water partition coefficient (Wildman–Crippen LogP) is 3.91. The third-order valence-corrected chi connectivity index (χ3v) is 5.27. The van der Waals surface area contributed by atoms with Crippen molar-refractivity contribution >= 4 is 17.5 Å². The number of carbonyl (C=O) groups excluding carboxylic acids is 1. The van der Waals surface area contributed by atoms with E-state index in [0.29, 0.717) is 22.3 Å². The second-order valence-electron chi connectivity index (χ2n) is 6.05. The SMILES string of the molecule is COc1ccc(OCc2nnc(S[C@H](C)C(=O)c3ccc(F)cc3)n2C)cc1. The molecule has 0 fully saturated rings. The van der Waals surface area contributed by atoms with E-state index in [9.17, 15) is 9.18 Å². The number of nitrogens with zero attached hydrogens (tertiary/aromatic N) is 3. The highest BCUT2D eigenvalue weighted by Gasteiger charge is 2.20. The summed E-state index contributed by atoms with van der Waals surface area (Å²) in [6.07, 6.45) is 0. The minimum Gasteiger partial charge on any atom is -0.497 e. The van der Waals surface area contributed by atoms with Crippen LogP contribution in [0.15, 0.2) is 53.7 Å². The lowest BCUT2D eigenvalue weighted by molar-refractivity contribution is 0.0994. The normalized spacial score (nSPS) is 11.9. The number of aromatic nitrogens is 3. The first-order valence-corrected chi connectivity index (χ1v) is 9.47. The molecule has 0 saturated heterocycles. The Kier molecular flexibility index (Phi) is 6.30. The predicted molar refractivity (Wildman–Crippen MR) is 104 cm³/mol. The van der Waals surface area contributed by atoms with E-state index in [1.165, 1.54) is 36.0 Å². The molecule has 3 aromatic rings. The maximum absolute atomic E-state index is 13.0. The van der Waals surface area contributed by atoms with Crippen molar-refractivity contribution in [1.29, 1.82) is 0 Å². The van der Waals surface area contributed by atoms with Gasteiger partial charge in [-0.2, -0.15) is 0 Å². The number of methoxy groups -OCH3 is 1. The number of carbonyl (C=O) groups is 1. The van der Waals surface area contributed by atoms with Crippen LogP contribution in [0.4, 0.5) is 4.39 Å². The quantitative estimate of drug-likeness (QED) is 0.421. The molecule has 0 aliphatic rings. The van der Waals surface area contributed by atoms with Crippen LogP contribution < -0.4 is 9.47 Å². The average molecular weight is 401 g/mol. The van der Waals surface area contributed by atoms with Crippen molar-refractivity contribution in [3.63, 3.8) is 0 Å². The summed E-state index contributed by atoms with van der Waals surface area (Å²) in [6, 6.07) is 12.8. The molecule has 0 bridgehead atoms. The van der Waals surface area contributed by atoms with Crippen molar-refractivity contribution in [2.24, 2.45) is 7.05 Å². The molecular weight excluding hydrogens is 381 g/mol. The highest BCUT2D eigenvalue weighted by atomic mass is 32.2. The Morgan fingerprint density at radius 1 is 1.11 bits per heavy atom. The highest BCUT2D eigenvalue weighted by molar-refractivity contribution is 8.00. The van der Waals surface area contributed by atoms with Gasteiger partial charge in [0, 0.05) is 12.6 Å². The van der Waals surface area contributed by atoms with Crippen LogP contribution in [0.1, 0.15) is 23.1 Å². The van der Waals surface area contributed by atoms with E-state index in [0.717, 1.165) is 5.75 Å². The second-order valence-corrected chi connectivity index (χ2v) is 7.36. The van der Waals surface area contributed by atoms with Crippen LogP contribution in [-0.4, -0.2) is 32.9 Å². The van der Waals surface area contributed by atoms with Crippen LogP contribution in [0, 0.1) is 5.82 Å². The molecule has 1 aromatic heterocycles. The Bertz CT molecular complexity index is 942. The summed E-state index contributed by atoms with van der Waals surface area (Å²) in [4.78, 5) is 12.5. The van der Waals surface area contributed by atoms with Crippen LogP contribution in [0.3, 0.4) is 0 Å². The van der Waals surface area contributed by atoms with E-state index < -0.39 is 0 Å². The van der Waals surface area contributed by atoms with Gasteiger partial charge in [-0.25, -0.2) is 4.39 Å². The number of rotatable bonds is 8. The fraction of sp³-hybridized carbons (Fsp3) is 0.250. The zero-order valence-corrected chi connectivity index (χ0v) is 16.6. The lowest BCUT2D eigenvalue weighted by atomic mass is 10.1. The molecule has 146 valence electrons. The van der Waals surface area contributed by atoms with Gasteiger partial charge >= 0.3 is 0 Å². The summed E-state index contributed by atoms with van der Waals surface area (Å²) in [6.45, 7) is 2.04. The lowest BCUT2D eigenvalue weighted by Crippen LogP contribution is -2.14. The molecule has 0 spiro atoms. The first-order valence-electron chi connectivity index (χ1n) is 8.59. The van der Waals surface area contributed by atoms with Gasteiger partial charge in [-0.15, -0.1) is 10.2 Å². The summed E-state index contributed by atoms with van der Waals surface area (Å²) in [5, 5.41) is 8.51. The minimum absolute atomic E-state index is 0.0935. The average Bonchev–Trinajstić information content (AvgIpc) is 3.06. The van der Waals surface area contributed by atoms with Crippen molar-refractivity contribution in [3.8, 4) is 11.5 Å². The van der Waals surface area contributed by atoms with Crippen LogP contribution in [0.5, 0.6) is 11.5 Å². The van der Waals surface area contributed by atoms with Gasteiger partial charge in [-0.3, -0.25) is 4.79 Å². The van der Waals surface area contributed by atoms with Gasteiger partial charge in [0.1, 0.15) is 23.9 Å². The van der Waals surface area contributed by atoms with Gasteiger partial charge in [-0.05, 0) is 55.5 Å². The van der Waals surface area contributed by atoms with Crippen LogP contribution in [0.25, 0.3) is 0 Å². The first-order chi connectivity index (χ1) is 13.5. The van der Waals surface area contributed by atoms with Crippen molar-refractivity contribution in [2.45, 2.75) is 23.9 Å². The van der Waals surface area contributed by atoms with Gasteiger partial charge in [0.05, 0.1) is 12.4 Å². The molecule has 28 heavy (non-hydrogen) atoms. The van der Waals surface area contributed by atoms with E-state index >= 15 is 0 Å². The van der Waals surface area contributed by atoms with E-state index in [-0.39, 0.29) is 23.5 Å². The van der Waals surface area contributed by atoms with Crippen molar-refractivity contribution in [2.75, 3.05) is 7.11 Å². The summed E-state index contributed by atoms with van der Waals surface area (Å²) in [5.74, 6) is 1.62. The Labute approximate surface area is 166 Å². The van der Waals surface area contributed by atoms with Gasteiger partial charge in [0.2, 0.25) is 0 Å². The van der Waals surface area contributed by atoms with Crippen molar-refractivity contribution in [3.05, 3.63) is 65.7 Å². The summed E-state index contributed by atoms with van der Waals surface area (Å²) in [5.41, 5.74) is 0.464. The van der Waals surface area contributed by atoms with Crippen LogP contribution in [0.2, 0.25) is 0 Å². The minimum atomic E-state index is -0.385. The van der Waals surface area contributed by atoms with Gasteiger partial charge < -0.3 is 14.0 Å². The lowest BCUT2D eigenvalue weighted by Gasteiger charge is -2.10. The number of thioether (sulfide) groups is 1. The molecule has 1 heterocycles. The Morgan fingerprint density at radius 3 is 2.39 bits per heavy atom. The molecule has 3 rings (SSSR count).